The minimum absolute atomic E-state index is 0.182. The number of nitrogen functional groups attached to an aromatic ring is 1. The highest BCUT2D eigenvalue weighted by atomic mass is 32.1. The summed E-state index contributed by atoms with van der Waals surface area (Å²) in [5.41, 5.74) is 8.45. The number of hydrogen-bond acceptors (Lipinski definition) is 7. The maximum absolute atomic E-state index is 12.1. The largest absolute Gasteiger partial charge is 0.382 e. The van der Waals surface area contributed by atoms with Gasteiger partial charge < -0.3 is 16.0 Å². The van der Waals surface area contributed by atoms with Gasteiger partial charge in [-0.3, -0.25) is 4.79 Å². The van der Waals surface area contributed by atoms with Crippen molar-refractivity contribution in [2.45, 2.75) is 19.4 Å². The summed E-state index contributed by atoms with van der Waals surface area (Å²) in [6.07, 6.45) is 2.34. The van der Waals surface area contributed by atoms with Crippen LogP contribution >= 0.6 is 22.7 Å². The quantitative estimate of drug-likeness (QED) is 0.898. The molecule has 3 heterocycles. The summed E-state index contributed by atoms with van der Waals surface area (Å²) in [6.45, 7) is 2.40. The lowest BCUT2D eigenvalue weighted by atomic mass is 10.4. The van der Waals surface area contributed by atoms with Gasteiger partial charge in [0.1, 0.15) is 10.7 Å². The Kier molecular flexibility index (Phi) is 3.83. The molecule has 8 heteroatoms. The number of rotatable bonds is 4. The molecule has 0 bridgehead atoms. The summed E-state index contributed by atoms with van der Waals surface area (Å²) in [4.78, 5) is 23.2. The molecule has 0 radical (unpaired) electrons. The number of anilines is 2. The lowest BCUT2D eigenvalue weighted by Crippen LogP contribution is -2.22. The summed E-state index contributed by atoms with van der Waals surface area (Å²) in [5, 5.41) is 5.58. The highest BCUT2D eigenvalue weighted by Gasteiger charge is 2.21. The fourth-order valence-electron chi connectivity index (χ4n) is 2.10. The first kappa shape index (κ1) is 13.3. The Bertz CT molecular complexity index is 589. The van der Waals surface area contributed by atoms with Crippen LogP contribution in [-0.2, 0) is 6.54 Å². The van der Waals surface area contributed by atoms with Crippen LogP contribution in [0.5, 0.6) is 0 Å². The Labute approximate surface area is 124 Å². The number of nitrogens with zero attached hydrogens (tertiary/aromatic N) is 3. The monoisotopic (exact) mass is 309 g/mol. The molecule has 6 nitrogen and oxygen atoms in total. The molecule has 1 fully saturated rings. The molecule has 3 N–H and O–H groups in total. The molecular weight excluding hydrogens is 294 g/mol. The molecule has 0 atom stereocenters. The molecule has 1 aliphatic rings. The van der Waals surface area contributed by atoms with Crippen molar-refractivity contribution in [2.75, 3.05) is 23.7 Å². The van der Waals surface area contributed by atoms with E-state index in [0.29, 0.717) is 17.2 Å². The molecule has 3 rings (SSSR count). The molecule has 1 amide bonds. The number of thiazole rings is 2. The third-order valence-corrected chi connectivity index (χ3v) is 4.90. The molecular formula is C12H15N5OS2. The molecule has 20 heavy (non-hydrogen) atoms. The van der Waals surface area contributed by atoms with E-state index in [1.54, 1.807) is 5.51 Å². The van der Waals surface area contributed by atoms with Gasteiger partial charge in [0.2, 0.25) is 0 Å². The van der Waals surface area contributed by atoms with E-state index in [0.717, 1.165) is 23.9 Å². The standard InChI is InChI=1S/C12H15N5OS2/c13-10-9(11(18)14-5-8-6-19-7-15-8)20-12(16-10)17-3-1-2-4-17/h6-7H,1-5,13H2,(H,14,18). The highest BCUT2D eigenvalue weighted by Crippen LogP contribution is 2.30. The van der Waals surface area contributed by atoms with Crippen LogP contribution in [0.4, 0.5) is 10.9 Å². The van der Waals surface area contributed by atoms with Crippen LogP contribution in [0.15, 0.2) is 10.9 Å². The van der Waals surface area contributed by atoms with Crippen molar-refractivity contribution in [1.82, 2.24) is 15.3 Å². The fourth-order valence-corrected chi connectivity index (χ4v) is 3.61. The van der Waals surface area contributed by atoms with Crippen molar-refractivity contribution < 1.29 is 4.79 Å². The number of hydrogen-bond donors (Lipinski definition) is 2. The van der Waals surface area contributed by atoms with Crippen LogP contribution in [0.2, 0.25) is 0 Å². The van der Waals surface area contributed by atoms with E-state index in [9.17, 15) is 4.79 Å². The number of nitrogens with two attached hydrogens (primary N) is 1. The van der Waals surface area contributed by atoms with Gasteiger partial charge in [-0.05, 0) is 12.8 Å². The summed E-state index contributed by atoms with van der Waals surface area (Å²) >= 11 is 2.87. The predicted octanol–water partition coefficient (Wildman–Crippen LogP) is 1.71. The van der Waals surface area contributed by atoms with Crippen molar-refractivity contribution in [3.63, 3.8) is 0 Å². The molecule has 2 aromatic rings. The van der Waals surface area contributed by atoms with Crippen LogP contribution in [0.25, 0.3) is 0 Å². The average Bonchev–Trinajstić information content (AvgIpc) is 3.17. The van der Waals surface area contributed by atoms with Gasteiger partial charge in [-0.25, -0.2) is 9.97 Å². The molecule has 0 aliphatic carbocycles. The lowest BCUT2D eigenvalue weighted by molar-refractivity contribution is 0.0955. The first-order valence-electron chi connectivity index (χ1n) is 6.40. The molecule has 0 spiro atoms. The second-order valence-corrected chi connectivity index (χ2v) is 6.26. The zero-order valence-electron chi connectivity index (χ0n) is 10.8. The Hall–Kier alpha value is -1.67. The third kappa shape index (κ3) is 2.75. The first-order valence-corrected chi connectivity index (χ1v) is 8.16. The normalized spacial score (nSPS) is 14.7. The Morgan fingerprint density at radius 1 is 1.45 bits per heavy atom. The van der Waals surface area contributed by atoms with Crippen LogP contribution < -0.4 is 16.0 Å². The van der Waals surface area contributed by atoms with Gasteiger partial charge in [0.25, 0.3) is 5.91 Å². The lowest BCUT2D eigenvalue weighted by Gasteiger charge is -2.11. The second-order valence-electron chi connectivity index (χ2n) is 4.57. The molecule has 2 aromatic heterocycles. The van der Waals surface area contributed by atoms with Gasteiger partial charge in [0.15, 0.2) is 5.13 Å². The Morgan fingerprint density at radius 2 is 2.25 bits per heavy atom. The van der Waals surface area contributed by atoms with Crippen molar-refractivity contribution in [1.29, 1.82) is 0 Å². The fraction of sp³-hybridized carbons (Fsp3) is 0.417. The van der Waals surface area contributed by atoms with E-state index in [4.69, 9.17) is 5.73 Å². The summed E-state index contributed by atoms with van der Waals surface area (Å²) in [5.74, 6) is 0.131. The minimum atomic E-state index is -0.182. The zero-order valence-corrected chi connectivity index (χ0v) is 12.5. The van der Waals surface area contributed by atoms with E-state index in [-0.39, 0.29) is 5.91 Å². The Balaban J connectivity index is 1.67. The number of nitrogens with one attached hydrogen (secondary N) is 1. The maximum atomic E-state index is 12.1. The molecule has 0 unspecified atom stereocenters. The average molecular weight is 309 g/mol. The van der Waals surface area contributed by atoms with E-state index >= 15 is 0 Å². The van der Waals surface area contributed by atoms with Gasteiger partial charge >= 0.3 is 0 Å². The predicted molar refractivity (Wildman–Crippen MR) is 81.3 cm³/mol. The van der Waals surface area contributed by atoms with Crippen LogP contribution in [0.1, 0.15) is 28.2 Å². The summed E-state index contributed by atoms with van der Waals surface area (Å²) < 4.78 is 0. The van der Waals surface area contributed by atoms with Crippen LogP contribution in [-0.4, -0.2) is 29.0 Å². The Morgan fingerprint density at radius 3 is 2.95 bits per heavy atom. The van der Waals surface area contributed by atoms with E-state index in [1.807, 2.05) is 5.38 Å². The van der Waals surface area contributed by atoms with E-state index in [1.165, 1.54) is 35.5 Å². The van der Waals surface area contributed by atoms with Gasteiger partial charge in [-0.1, -0.05) is 11.3 Å². The number of carbonyl (C=O) groups is 1. The number of aromatic nitrogens is 2. The van der Waals surface area contributed by atoms with Crippen LogP contribution in [0, 0.1) is 0 Å². The smallest absolute Gasteiger partial charge is 0.265 e. The van der Waals surface area contributed by atoms with Gasteiger partial charge in [-0.2, -0.15) is 0 Å². The number of amides is 1. The van der Waals surface area contributed by atoms with Crippen LogP contribution in [0.3, 0.4) is 0 Å². The maximum Gasteiger partial charge on any atom is 0.265 e. The molecule has 1 saturated heterocycles. The van der Waals surface area contributed by atoms with Crippen molar-refractivity contribution in [3.05, 3.63) is 21.5 Å². The van der Waals surface area contributed by atoms with Crippen molar-refractivity contribution >= 4 is 39.5 Å². The minimum Gasteiger partial charge on any atom is -0.382 e. The second kappa shape index (κ2) is 5.76. The zero-order chi connectivity index (χ0) is 13.9. The molecule has 106 valence electrons. The van der Waals surface area contributed by atoms with Gasteiger partial charge in [0, 0.05) is 18.5 Å². The molecule has 0 aromatic carbocycles. The number of carbonyl (C=O) groups excluding carboxylic acids is 1. The topological polar surface area (TPSA) is 84.1 Å². The van der Waals surface area contributed by atoms with E-state index in [2.05, 4.69) is 20.2 Å². The SMILES string of the molecule is Nc1nc(N2CCCC2)sc1C(=O)NCc1cscn1. The van der Waals surface area contributed by atoms with Crippen molar-refractivity contribution in [2.24, 2.45) is 0 Å². The van der Waals surface area contributed by atoms with Gasteiger partial charge in [0.05, 0.1) is 17.7 Å². The third-order valence-electron chi connectivity index (χ3n) is 3.14. The summed E-state index contributed by atoms with van der Waals surface area (Å²) in [7, 11) is 0. The van der Waals surface area contributed by atoms with Gasteiger partial charge in [-0.15, -0.1) is 11.3 Å². The van der Waals surface area contributed by atoms with Crippen molar-refractivity contribution in [3.8, 4) is 0 Å². The summed E-state index contributed by atoms with van der Waals surface area (Å²) in [6, 6.07) is 0. The van der Waals surface area contributed by atoms with E-state index < -0.39 is 0 Å². The highest BCUT2D eigenvalue weighted by molar-refractivity contribution is 7.18. The molecule has 1 aliphatic heterocycles. The first-order chi connectivity index (χ1) is 9.74. The molecule has 0 saturated carbocycles.